The fourth-order valence-corrected chi connectivity index (χ4v) is 1.17. The van der Waals surface area contributed by atoms with E-state index < -0.39 is 12.0 Å². The van der Waals surface area contributed by atoms with Gasteiger partial charge in [-0.1, -0.05) is 0 Å². The van der Waals surface area contributed by atoms with Crippen LogP contribution in [0.5, 0.6) is 5.75 Å². The van der Waals surface area contributed by atoms with E-state index in [0.29, 0.717) is 12.4 Å². The molecule has 0 saturated heterocycles. The molecular weight excluding hydrogens is 198 g/mol. The van der Waals surface area contributed by atoms with Crippen molar-refractivity contribution >= 4 is 5.97 Å². The number of nitrogens with one attached hydrogen (secondary N) is 1. The molecule has 1 heterocycles. The van der Waals surface area contributed by atoms with Crippen molar-refractivity contribution in [1.29, 1.82) is 0 Å². The summed E-state index contributed by atoms with van der Waals surface area (Å²) in [4.78, 5) is 10.7. The molecule has 1 rings (SSSR count). The molecule has 0 aliphatic rings. The van der Waals surface area contributed by atoms with E-state index in [9.17, 15) is 4.79 Å². The third kappa shape index (κ3) is 3.25. The van der Waals surface area contributed by atoms with Crippen LogP contribution < -0.4 is 10.1 Å². The number of carboxylic acid groups (broad SMARTS) is 1. The lowest BCUT2D eigenvalue weighted by atomic mass is 10.3. The van der Waals surface area contributed by atoms with E-state index in [4.69, 9.17) is 9.84 Å². The molecule has 0 aliphatic carbocycles. The van der Waals surface area contributed by atoms with E-state index in [1.165, 1.54) is 0 Å². The maximum Gasteiger partial charge on any atom is 0.322 e. The Labute approximate surface area is 87.8 Å². The molecule has 0 fully saturated rings. The van der Waals surface area contributed by atoms with Crippen LogP contribution in [0.3, 0.4) is 0 Å². The maximum absolute atomic E-state index is 10.7. The predicted octanol–water partition coefficient (Wildman–Crippen LogP) is -0.0456. The lowest BCUT2D eigenvalue weighted by Gasteiger charge is -2.10. The third-order valence-electron chi connectivity index (χ3n) is 1.94. The zero-order valence-corrected chi connectivity index (χ0v) is 8.80. The summed E-state index contributed by atoms with van der Waals surface area (Å²) in [5.74, 6) is -0.247. The van der Waals surface area contributed by atoms with Gasteiger partial charge in [-0.3, -0.25) is 9.48 Å². The van der Waals surface area contributed by atoms with Crippen LogP contribution in [-0.4, -0.2) is 40.6 Å². The second-order valence-corrected chi connectivity index (χ2v) is 3.01. The van der Waals surface area contributed by atoms with E-state index >= 15 is 0 Å². The van der Waals surface area contributed by atoms with Crippen LogP contribution in [0.2, 0.25) is 0 Å². The smallest absolute Gasteiger partial charge is 0.322 e. The summed E-state index contributed by atoms with van der Waals surface area (Å²) < 4.78 is 6.75. The zero-order chi connectivity index (χ0) is 11.3. The van der Waals surface area contributed by atoms with Gasteiger partial charge in [0.25, 0.3) is 0 Å². The average molecular weight is 213 g/mol. The number of aromatic nitrogens is 2. The van der Waals surface area contributed by atoms with E-state index in [-0.39, 0.29) is 6.54 Å². The van der Waals surface area contributed by atoms with Crippen molar-refractivity contribution < 1.29 is 14.6 Å². The molecule has 2 N–H and O–H groups in total. The second-order valence-electron chi connectivity index (χ2n) is 3.01. The number of nitrogens with zero attached hydrogens (tertiary/aromatic N) is 2. The lowest BCUT2D eigenvalue weighted by Crippen LogP contribution is -2.37. The summed E-state index contributed by atoms with van der Waals surface area (Å²) in [6.45, 7) is 2.73. The minimum atomic E-state index is -0.897. The van der Waals surface area contributed by atoms with Crippen LogP contribution >= 0.6 is 0 Å². The maximum atomic E-state index is 10.7. The van der Waals surface area contributed by atoms with Crippen LogP contribution in [0.4, 0.5) is 0 Å². The summed E-state index contributed by atoms with van der Waals surface area (Å²) >= 11 is 0. The predicted molar refractivity (Wildman–Crippen MR) is 53.9 cm³/mol. The normalized spacial score (nSPS) is 12.4. The molecule has 15 heavy (non-hydrogen) atoms. The first-order valence-corrected chi connectivity index (χ1v) is 4.72. The Hall–Kier alpha value is -1.56. The molecule has 6 heteroatoms. The Kier molecular flexibility index (Phi) is 4.11. The van der Waals surface area contributed by atoms with Gasteiger partial charge in [-0.05, 0) is 14.0 Å². The van der Waals surface area contributed by atoms with Crippen LogP contribution in [0, 0.1) is 0 Å². The topological polar surface area (TPSA) is 76.4 Å². The van der Waals surface area contributed by atoms with Gasteiger partial charge in [-0.15, -0.1) is 0 Å². The SMILES string of the molecule is CCOc1cnn(CC(NC)C(=O)O)c1. The van der Waals surface area contributed by atoms with E-state index in [0.717, 1.165) is 0 Å². The van der Waals surface area contributed by atoms with Crippen LogP contribution in [0.25, 0.3) is 0 Å². The largest absolute Gasteiger partial charge is 0.491 e. The van der Waals surface area contributed by atoms with E-state index in [2.05, 4.69) is 10.4 Å². The van der Waals surface area contributed by atoms with Gasteiger partial charge in [0.1, 0.15) is 6.04 Å². The van der Waals surface area contributed by atoms with Gasteiger partial charge >= 0.3 is 5.97 Å². The average Bonchev–Trinajstić information content (AvgIpc) is 2.62. The molecule has 0 aromatic carbocycles. The van der Waals surface area contributed by atoms with Crippen molar-refractivity contribution in [3.8, 4) is 5.75 Å². The fraction of sp³-hybridized carbons (Fsp3) is 0.556. The van der Waals surface area contributed by atoms with Crippen molar-refractivity contribution in [2.24, 2.45) is 0 Å². The molecule has 0 aliphatic heterocycles. The Morgan fingerprint density at radius 2 is 2.53 bits per heavy atom. The molecule has 1 aromatic heterocycles. The van der Waals surface area contributed by atoms with Crippen molar-refractivity contribution in [2.45, 2.75) is 19.5 Å². The first-order chi connectivity index (χ1) is 7.17. The first-order valence-electron chi connectivity index (χ1n) is 4.72. The zero-order valence-electron chi connectivity index (χ0n) is 8.80. The number of hydrogen-bond acceptors (Lipinski definition) is 4. The molecule has 0 amide bonds. The Bertz CT molecular complexity index is 324. The number of aliphatic carboxylic acids is 1. The number of rotatable bonds is 6. The number of carboxylic acids is 1. The van der Waals surface area contributed by atoms with Gasteiger partial charge in [-0.2, -0.15) is 5.10 Å². The molecule has 0 radical (unpaired) electrons. The van der Waals surface area contributed by atoms with Gasteiger partial charge < -0.3 is 15.2 Å². The Morgan fingerprint density at radius 3 is 3.07 bits per heavy atom. The Balaban J connectivity index is 2.59. The lowest BCUT2D eigenvalue weighted by molar-refractivity contribution is -0.139. The van der Waals surface area contributed by atoms with Crippen molar-refractivity contribution in [2.75, 3.05) is 13.7 Å². The number of ether oxygens (including phenoxy) is 1. The highest BCUT2D eigenvalue weighted by Crippen LogP contribution is 2.08. The molecular formula is C9H15N3O3. The van der Waals surface area contributed by atoms with Gasteiger partial charge in [0.05, 0.1) is 25.5 Å². The van der Waals surface area contributed by atoms with Crippen molar-refractivity contribution in [3.05, 3.63) is 12.4 Å². The van der Waals surface area contributed by atoms with Crippen LogP contribution in [-0.2, 0) is 11.3 Å². The molecule has 1 unspecified atom stereocenters. The number of carbonyl (C=O) groups is 1. The van der Waals surface area contributed by atoms with Crippen LogP contribution in [0.1, 0.15) is 6.92 Å². The highest BCUT2D eigenvalue weighted by atomic mass is 16.5. The fourth-order valence-electron chi connectivity index (χ4n) is 1.17. The summed E-state index contributed by atoms with van der Waals surface area (Å²) in [7, 11) is 1.60. The van der Waals surface area contributed by atoms with Crippen molar-refractivity contribution in [3.63, 3.8) is 0 Å². The number of likely N-dealkylation sites (N-methyl/N-ethyl adjacent to an activating group) is 1. The highest BCUT2D eigenvalue weighted by Gasteiger charge is 2.15. The van der Waals surface area contributed by atoms with Gasteiger partial charge in [0, 0.05) is 0 Å². The quantitative estimate of drug-likeness (QED) is 0.693. The standard InChI is InChI=1S/C9H15N3O3/c1-3-15-7-4-11-12(5-7)6-8(10-2)9(13)14/h4-5,8,10H,3,6H2,1-2H3,(H,13,14). The molecule has 0 spiro atoms. The second kappa shape index (κ2) is 5.35. The molecule has 6 nitrogen and oxygen atoms in total. The minimum Gasteiger partial charge on any atom is -0.491 e. The van der Waals surface area contributed by atoms with E-state index in [1.54, 1.807) is 24.1 Å². The monoisotopic (exact) mass is 213 g/mol. The summed E-state index contributed by atoms with van der Waals surface area (Å²) in [5, 5.41) is 15.5. The first kappa shape index (κ1) is 11.5. The third-order valence-corrected chi connectivity index (χ3v) is 1.94. The Morgan fingerprint density at radius 1 is 1.80 bits per heavy atom. The molecule has 0 bridgehead atoms. The van der Waals surface area contributed by atoms with E-state index in [1.807, 2.05) is 6.92 Å². The summed E-state index contributed by atoms with van der Waals surface area (Å²) in [6, 6.07) is -0.639. The molecule has 0 saturated carbocycles. The highest BCUT2D eigenvalue weighted by molar-refractivity contribution is 5.73. The summed E-state index contributed by atoms with van der Waals surface area (Å²) in [5.41, 5.74) is 0. The molecule has 1 aromatic rings. The van der Waals surface area contributed by atoms with Crippen molar-refractivity contribution in [1.82, 2.24) is 15.1 Å². The van der Waals surface area contributed by atoms with Crippen LogP contribution in [0.15, 0.2) is 12.4 Å². The number of hydrogen-bond donors (Lipinski definition) is 2. The van der Waals surface area contributed by atoms with Gasteiger partial charge in [-0.25, -0.2) is 0 Å². The van der Waals surface area contributed by atoms with Gasteiger partial charge in [0.15, 0.2) is 5.75 Å². The minimum absolute atomic E-state index is 0.277. The molecule has 1 atom stereocenters. The van der Waals surface area contributed by atoms with Gasteiger partial charge in [0.2, 0.25) is 0 Å². The summed E-state index contributed by atoms with van der Waals surface area (Å²) in [6.07, 6.45) is 3.24. The molecule has 84 valence electrons.